The van der Waals surface area contributed by atoms with Gasteiger partial charge in [0.1, 0.15) is 0 Å². The molecule has 0 aliphatic carbocycles. The molecule has 0 aliphatic rings. The summed E-state index contributed by atoms with van der Waals surface area (Å²) in [5, 5.41) is 11.0. The second-order valence-electron chi connectivity index (χ2n) is 4.08. The highest BCUT2D eigenvalue weighted by atomic mass is 32.1. The third-order valence-corrected chi connectivity index (χ3v) is 3.70. The molecule has 0 spiro atoms. The quantitative estimate of drug-likeness (QED) is 0.883. The van der Waals surface area contributed by atoms with E-state index in [0.717, 1.165) is 18.7 Å². The molecule has 0 bridgehead atoms. The molecule has 2 aromatic heterocycles. The highest BCUT2D eigenvalue weighted by molar-refractivity contribution is 7.09. The van der Waals surface area contributed by atoms with Gasteiger partial charge >= 0.3 is 0 Å². The minimum absolute atomic E-state index is 0.290. The van der Waals surface area contributed by atoms with Gasteiger partial charge in [-0.25, -0.2) is 4.98 Å². The van der Waals surface area contributed by atoms with Crippen molar-refractivity contribution in [2.75, 3.05) is 6.54 Å². The van der Waals surface area contributed by atoms with E-state index in [-0.39, 0.29) is 6.04 Å². The van der Waals surface area contributed by atoms with E-state index < -0.39 is 0 Å². The summed E-state index contributed by atoms with van der Waals surface area (Å²) in [7, 11) is 1.98. The zero-order chi connectivity index (χ0) is 12.3. The van der Waals surface area contributed by atoms with E-state index >= 15 is 0 Å². The summed E-state index contributed by atoms with van der Waals surface area (Å²) in [4.78, 5) is 4.52. The fourth-order valence-electron chi connectivity index (χ4n) is 1.92. The Hall–Kier alpha value is -1.20. The lowest BCUT2D eigenvalue weighted by Crippen LogP contribution is -2.25. The molecule has 92 valence electrons. The van der Waals surface area contributed by atoms with Crippen molar-refractivity contribution in [3.8, 4) is 0 Å². The Labute approximate surface area is 106 Å². The van der Waals surface area contributed by atoms with Crippen LogP contribution in [0, 0.1) is 6.92 Å². The van der Waals surface area contributed by atoms with Crippen molar-refractivity contribution in [3.05, 3.63) is 34.0 Å². The Balaban J connectivity index is 2.15. The summed E-state index contributed by atoms with van der Waals surface area (Å²) >= 11 is 1.73. The second kappa shape index (κ2) is 5.42. The van der Waals surface area contributed by atoms with Crippen molar-refractivity contribution >= 4 is 11.3 Å². The molecule has 0 fully saturated rings. The van der Waals surface area contributed by atoms with Crippen LogP contribution in [0.2, 0.25) is 0 Å². The van der Waals surface area contributed by atoms with Gasteiger partial charge in [0.25, 0.3) is 0 Å². The topological polar surface area (TPSA) is 42.7 Å². The Morgan fingerprint density at radius 3 is 2.88 bits per heavy atom. The van der Waals surface area contributed by atoms with Gasteiger partial charge in [0.05, 0.1) is 16.7 Å². The average Bonchev–Trinajstić information content (AvgIpc) is 2.87. The van der Waals surface area contributed by atoms with Crippen LogP contribution in [0.5, 0.6) is 0 Å². The summed E-state index contributed by atoms with van der Waals surface area (Å²) in [6, 6.07) is 2.35. The van der Waals surface area contributed by atoms with Gasteiger partial charge in [-0.3, -0.25) is 4.68 Å². The van der Waals surface area contributed by atoms with Crippen LogP contribution in [0.25, 0.3) is 0 Å². The van der Waals surface area contributed by atoms with Gasteiger partial charge in [-0.2, -0.15) is 5.10 Å². The molecule has 2 aromatic rings. The first-order chi connectivity index (χ1) is 8.20. The maximum absolute atomic E-state index is 4.52. The highest BCUT2D eigenvalue weighted by Gasteiger charge is 2.16. The number of rotatable bonds is 5. The van der Waals surface area contributed by atoms with Gasteiger partial charge in [-0.1, -0.05) is 6.92 Å². The first-order valence-corrected chi connectivity index (χ1v) is 6.71. The maximum atomic E-state index is 4.52. The normalized spacial score (nSPS) is 12.9. The first kappa shape index (κ1) is 12.3. The number of hydrogen-bond donors (Lipinski definition) is 1. The van der Waals surface area contributed by atoms with Crippen LogP contribution in [0.4, 0.5) is 0 Å². The summed E-state index contributed by atoms with van der Waals surface area (Å²) in [6.07, 6.45) is 2.76. The summed E-state index contributed by atoms with van der Waals surface area (Å²) in [5.74, 6) is 0. The molecule has 17 heavy (non-hydrogen) atoms. The molecule has 0 amide bonds. The molecule has 5 heteroatoms. The number of aromatic nitrogens is 3. The molecule has 0 radical (unpaired) electrons. The molecule has 0 aliphatic heterocycles. The Morgan fingerprint density at radius 1 is 1.53 bits per heavy atom. The smallest absolute Gasteiger partial charge is 0.0947 e. The lowest BCUT2D eigenvalue weighted by Gasteiger charge is -2.16. The number of aryl methyl sites for hydroxylation is 2. The second-order valence-corrected chi connectivity index (χ2v) is 5.02. The lowest BCUT2D eigenvalue weighted by atomic mass is 10.1. The lowest BCUT2D eigenvalue weighted by molar-refractivity contribution is 0.507. The first-order valence-electron chi connectivity index (χ1n) is 5.83. The van der Waals surface area contributed by atoms with Gasteiger partial charge in [-0.15, -0.1) is 11.3 Å². The number of thiazole rings is 1. The van der Waals surface area contributed by atoms with Gasteiger partial charge in [-0.05, 0) is 19.5 Å². The van der Waals surface area contributed by atoms with Crippen LogP contribution < -0.4 is 5.32 Å². The van der Waals surface area contributed by atoms with Crippen LogP contribution in [0.1, 0.15) is 29.4 Å². The van der Waals surface area contributed by atoms with Crippen LogP contribution in [-0.4, -0.2) is 21.3 Å². The molecule has 1 unspecified atom stereocenters. The molecule has 2 heterocycles. The molecule has 4 nitrogen and oxygen atoms in total. The Bertz CT molecular complexity index is 474. The minimum atomic E-state index is 0.290. The van der Waals surface area contributed by atoms with Crippen LogP contribution in [-0.2, 0) is 13.5 Å². The fraction of sp³-hybridized carbons (Fsp3) is 0.500. The van der Waals surface area contributed by atoms with Crippen molar-refractivity contribution in [2.45, 2.75) is 26.3 Å². The highest BCUT2D eigenvalue weighted by Crippen LogP contribution is 2.20. The van der Waals surface area contributed by atoms with Crippen LogP contribution in [0.15, 0.2) is 17.6 Å². The standard InChI is InChI=1S/C12H18N4S/c1-4-13-10(11-5-6-14-16(11)3)7-12-15-9(2)8-17-12/h5-6,8,10,13H,4,7H2,1-3H3. The van der Waals surface area contributed by atoms with E-state index in [4.69, 9.17) is 0 Å². The van der Waals surface area contributed by atoms with Crippen molar-refractivity contribution < 1.29 is 0 Å². The van der Waals surface area contributed by atoms with Crippen LogP contribution >= 0.6 is 11.3 Å². The SMILES string of the molecule is CCNC(Cc1nc(C)cs1)c1ccnn1C. The fourth-order valence-corrected chi connectivity index (χ4v) is 2.74. The predicted molar refractivity (Wildman–Crippen MR) is 70.2 cm³/mol. The number of likely N-dealkylation sites (N-methyl/N-ethyl adjacent to an activating group) is 1. The molecule has 0 saturated heterocycles. The van der Waals surface area contributed by atoms with Gasteiger partial charge < -0.3 is 5.32 Å². The van der Waals surface area contributed by atoms with Crippen molar-refractivity contribution in [3.63, 3.8) is 0 Å². The zero-order valence-corrected chi connectivity index (χ0v) is 11.3. The van der Waals surface area contributed by atoms with E-state index in [1.807, 2.05) is 24.9 Å². The van der Waals surface area contributed by atoms with Crippen molar-refractivity contribution in [2.24, 2.45) is 7.05 Å². The summed E-state index contributed by atoms with van der Waals surface area (Å²) < 4.78 is 1.92. The van der Waals surface area contributed by atoms with Crippen molar-refractivity contribution in [1.82, 2.24) is 20.1 Å². The average molecular weight is 250 g/mol. The number of hydrogen-bond acceptors (Lipinski definition) is 4. The summed E-state index contributed by atoms with van der Waals surface area (Å²) in [6.45, 7) is 5.10. The number of nitrogens with zero attached hydrogens (tertiary/aromatic N) is 3. The van der Waals surface area contributed by atoms with E-state index in [1.165, 1.54) is 10.7 Å². The summed E-state index contributed by atoms with van der Waals surface area (Å²) in [5.41, 5.74) is 2.31. The van der Waals surface area contributed by atoms with Crippen LogP contribution in [0.3, 0.4) is 0 Å². The van der Waals surface area contributed by atoms with E-state index in [2.05, 4.69) is 33.8 Å². The Morgan fingerprint density at radius 2 is 2.35 bits per heavy atom. The zero-order valence-electron chi connectivity index (χ0n) is 10.5. The third kappa shape index (κ3) is 2.92. The van der Waals surface area contributed by atoms with E-state index in [9.17, 15) is 0 Å². The largest absolute Gasteiger partial charge is 0.309 e. The molecule has 1 N–H and O–H groups in total. The molecular formula is C12H18N4S. The van der Waals surface area contributed by atoms with Gasteiger partial charge in [0.2, 0.25) is 0 Å². The maximum Gasteiger partial charge on any atom is 0.0947 e. The molecule has 0 saturated carbocycles. The van der Waals surface area contributed by atoms with Gasteiger partial charge in [0, 0.05) is 30.7 Å². The molecule has 2 rings (SSSR count). The third-order valence-electron chi connectivity index (χ3n) is 2.71. The predicted octanol–water partition coefficient (Wildman–Crippen LogP) is 2.08. The monoisotopic (exact) mass is 250 g/mol. The molecular weight excluding hydrogens is 232 g/mol. The van der Waals surface area contributed by atoms with Crippen molar-refractivity contribution in [1.29, 1.82) is 0 Å². The van der Waals surface area contributed by atoms with E-state index in [0.29, 0.717) is 0 Å². The Kier molecular flexibility index (Phi) is 3.91. The number of nitrogens with one attached hydrogen (secondary N) is 1. The van der Waals surface area contributed by atoms with E-state index in [1.54, 1.807) is 11.3 Å². The molecule has 1 atom stereocenters. The minimum Gasteiger partial charge on any atom is -0.309 e. The van der Waals surface area contributed by atoms with Gasteiger partial charge in [0.15, 0.2) is 0 Å². The molecule has 0 aromatic carbocycles.